The van der Waals surface area contributed by atoms with E-state index >= 15 is 0 Å². The first kappa shape index (κ1) is 20.2. The third-order valence-corrected chi connectivity index (χ3v) is 7.47. The second-order valence-electron chi connectivity index (χ2n) is 6.35. The number of hydrogen-bond donors (Lipinski definition) is 3. The van der Waals surface area contributed by atoms with E-state index in [0.29, 0.717) is 16.2 Å². The van der Waals surface area contributed by atoms with Gasteiger partial charge in [-0.25, -0.2) is 0 Å². The van der Waals surface area contributed by atoms with Gasteiger partial charge in [0.1, 0.15) is 0 Å². The molecule has 28 heavy (non-hydrogen) atoms. The second-order valence-corrected chi connectivity index (χ2v) is 9.01. The maximum atomic E-state index is 14.2. The van der Waals surface area contributed by atoms with Crippen LogP contribution in [-0.4, -0.2) is 20.8 Å². The minimum atomic E-state index is -3.76. The predicted octanol–water partition coefficient (Wildman–Crippen LogP) is 2.32. The second kappa shape index (κ2) is 8.63. The van der Waals surface area contributed by atoms with Gasteiger partial charge in [0.05, 0.1) is 19.8 Å². The molecule has 0 bridgehead atoms. The normalized spacial score (nSPS) is 11.4. The zero-order valence-corrected chi connectivity index (χ0v) is 16.0. The van der Waals surface area contributed by atoms with Crippen LogP contribution in [0.25, 0.3) is 0 Å². The van der Waals surface area contributed by atoms with Crippen LogP contribution in [0.5, 0.6) is 0 Å². The summed E-state index contributed by atoms with van der Waals surface area (Å²) in [4.78, 5) is 13.7. The van der Waals surface area contributed by atoms with E-state index in [1.807, 2.05) is 0 Å². The average molecular weight is 396 g/mol. The first-order chi connectivity index (χ1) is 13.6. The van der Waals surface area contributed by atoms with Gasteiger partial charge >= 0.3 is 0 Å². The van der Waals surface area contributed by atoms with Gasteiger partial charge in [-0.3, -0.25) is 4.79 Å². The van der Waals surface area contributed by atoms with Gasteiger partial charge in [0.15, 0.2) is 0 Å². The lowest BCUT2D eigenvalue weighted by molar-refractivity contribution is 0.107. The SMILES string of the molecule is O=C(c1c(CO)cc(CO)cc1CO)P(=O)(c1ccccc1)c1ccccc1. The van der Waals surface area contributed by atoms with Crippen LogP contribution in [0.2, 0.25) is 0 Å². The van der Waals surface area contributed by atoms with Gasteiger partial charge in [-0.2, -0.15) is 0 Å². The van der Waals surface area contributed by atoms with E-state index in [2.05, 4.69) is 0 Å². The number of benzene rings is 3. The molecule has 0 saturated carbocycles. The minimum absolute atomic E-state index is 0.0400. The Morgan fingerprint density at radius 3 is 1.50 bits per heavy atom. The molecule has 3 rings (SSSR count). The number of carbonyl (C=O) groups is 1. The lowest BCUT2D eigenvalue weighted by Crippen LogP contribution is -2.24. The van der Waals surface area contributed by atoms with Crippen molar-refractivity contribution < 1.29 is 24.7 Å². The standard InChI is InChI=1S/C22H21O5P/c23-13-16-11-17(14-24)21(18(12-16)15-25)22(26)28(27,19-7-3-1-4-8-19)20-9-5-2-6-10-20/h1-12,23-25H,13-15H2. The van der Waals surface area contributed by atoms with Crippen molar-refractivity contribution in [2.45, 2.75) is 19.8 Å². The lowest BCUT2D eigenvalue weighted by Gasteiger charge is -2.21. The highest BCUT2D eigenvalue weighted by Crippen LogP contribution is 2.48. The molecule has 0 aromatic heterocycles. The molecule has 0 saturated heterocycles. The molecule has 0 heterocycles. The fourth-order valence-corrected chi connectivity index (χ4v) is 5.83. The van der Waals surface area contributed by atoms with E-state index in [9.17, 15) is 24.7 Å². The molecule has 0 aliphatic heterocycles. The smallest absolute Gasteiger partial charge is 0.230 e. The summed E-state index contributed by atoms with van der Waals surface area (Å²) in [6.07, 6.45) is 0. The summed E-state index contributed by atoms with van der Waals surface area (Å²) in [5, 5.41) is 29.8. The molecule has 3 N–H and O–H groups in total. The monoisotopic (exact) mass is 396 g/mol. The van der Waals surface area contributed by atoms with Gasteiger partial charge in [0.25, 0.3) is 0 Å². The highest BCUT2D eigenvalue weighted by Gasteiger charge is 2.38. The molecule has 144 valence electrons. The van der Waals surface area contributed by atoms with Crippen LogP contribution < -0.4 is 10.6 Å². The zero-order valence-electron chi connectivity index (χ0n) is 15.2. The van der Waals surface area contributed by atoms with Gasteiger partial charge in [-0.15, -0.1) is 0 Å². The quantitative estimate of drug-likeness (QED) is 0.533. The van der Waals surface area contributed by atoms with Crippen molar-refractivity contribution >= 4 is 23.3 Å². The van der Waals surface area contributed by atoms with Crippen molar-refractivity contribution in [3.8, 4) is 0 Å². The minimum Gasteiger partial charge on any atom is -0.392 e. The molecule has 3 aromatic rings. The van der Waals surface area contributed by atoms with E-state index in [1.54, 1.807) is 60.7 Å². The van der Waals surface area contributed by atoms with Crippen LogP contribution in [-0.2, 0) is 24.4 Å². The Morgan fingerprint density at radius 2 is 1.14 bits per heavy atom. The van der Waals surface area contributed by atoms with E-state index in [0.717, 1.165) is 0 Å². The van der Waals surface area contributed by atoms with Crippen LogP contribution in [0.4, 0.5) is 0 Å². The van der Waals surface area contributed by atoms with Crippen molar-refractivity contribution in [1.29, 1.82) is 0 Å². The molecule has 3 aromatic carbocycles. The third kappa shape index (κ3) is 3.58. The summed E-state index contributed by atoms with van der Waals surface area (Å²) < 4.78 is 14.2. The largest absolute Gasteiger partial charge is 0.392 e. The number of rotatable bonds is 7. The Labute approximate surface area is 163 Å². The summed E-state index contributed by atoms with van der Waals surface area (Å²) in [6, 6.07) is 20.0. The van der Waals surface area contributed by atoms with Crippen molar-refractivity contribution in [2.24, 2.45) is 0 Å². The Hall–Kier alpha value is -2.56. The number of aliphatic hydroxyl groups excluding tert-OH is 3. The molecule has 6 heteroatoms. The Morgan fingerprint density at radius 1 is 0.714 bits per heavy atom. The summed E-state index contributed by atoms with van der Waals surface area (Å²) in [5.41, 5.74) is 0.306. The lowest BCUT2D eigenvalue weighted by atomic mass is 9.99. The fraction of sp³-hybridized carbons (Fsp3) is 0.136. The molecular formula is C22H21O5P. The van der Waals surface area contributed by atoms with Gasteiger partial charge in [-0.1, -0.05) is 72.8 Å². The highest BCUT2D eigenvalue weighted by molar-refractivity contribution is 7.93. The number of aliphatic hydroxyl groups is 3. The van der Waals surface area contributed by atoms with Gasteiger partial charge in [0.2, 0.25) is 12.7 Å². The molecule has 0 aliphatic rings. The van der Waals surface area contributed by atoms with Crippen LogP contribution in [0.15, 0.2) is 72.8 Å². The van der Waals surface area contributed by atoms with Crippen LogP contribution in [0, 0.1) is 0 Å². The predicted molar refractivity (Wildman–Crippen MR) is 108 cm³/mol. The van der Waals surface area contributed by atoms with E-state index in [-0.39, 0.29) is 23.3 Å². The molecule has 0 amide bonds. The first-order valence-electron chi connectivity index (χ1n) is 8.79. The molecule has 0 spiro atoms. The molecule has 5 nitrogen and oxygen atoms in total. The fourth-order valence-electron chi connectivity index (χ4n) is 3.27. The molecule has 0 atom stereocenters. The van der Waals surface area contributed by atoms with Crippen LogP contribution >= 0.6 is 7.14 Å². The Balaban J connectivity index is 2.29. The Kier molecular flexibility index (Phi) is 6.22. The molecular weight excluding hydrogens is 375 g/mol. The van der Waals surface area contributed by atoms with Crippen molar-refractivity contribution in [1.82, 2.24) is 0 Å². The van der Waals surface area contributed by atoms with Crippen molar-refractivity contribution in [3.63, 3.8) is 0 Å². The van der Waals surface area contributed by atoms with Crippen molar-refractivity contribution in [2.75, 3.05) is 0 Å². The maximum absolute atomic E-state index is 14.2. The third-order valence-electron chi connectivity index (χ3n) is 4.62. The number of hydrogen-bond acceptors (Lipinski definition) is 5. The summed E-state index contributed by atoms with van der Waals surface area (Å²) >= 11 is 0. The van der Waals surface area contributed by atoms with Crippen molar-refractivity contribution in [3.05, 3.63) is 95.1 Å². The number of carbonyl (C=O) groups excluding carboxylic acids is 1. The average Bonchev–Trinajstić information content (AvgIpc) is 2.78. The van der Waals surface area contributed by atoms with E-state index in [4.69, 9.17) is 0 Å². The molecule has 0 unspecified atom stereocenters. The van der Waals surface area contributed by atoms with E-state index in [1.165, 1.54) is 12.1 Å². The molecule has 0 fully saturated rings. The maximum Gasteiger partial charge on any atom is 0.230 e. The van der Waals surface area contributed by atoms with Crippen LogP contribution in [0.1, 0.15) is 27.0 Å². The van der Waals surface area contributed by atoms with Crippen LogP contribution in [0.3, 0.4) is 0 Å². The Bertz CT molecular complexity index is 947. The van der Waals surface area contributed by atoms with Gasteiger partial charge in [0, 0.05) is 16.2 Å². The summed E-state index contributed by atoms with van der Waals surface area (Å²) in [5.74, 6) is 0. The first-order valence-corrected chi connectivity index (χ1v) is 10.5. The van der Waals surface area contributed by atoms with Gasteiger partial charge in [-0.05, 0) is 16.7 Å². The topological polar surface area (TPSA) is 94.8 Å². The molecule has 0 radical (unpaired) electrons. The highest BCUT2D eigenvalue weighted by atomic mass is 31.2. The van der Waals surface area contributed by atoms with E-state index < -0.39 is 25.9 Å². The zero-order chi connectivity index (χ0) is 20.1. The molecule has 0 aliphatic carbocycles. The summed E-state index contributed by atoms with van der Waals surface area (Å²) in [7, 11) is -3.76. The van der Waals surface area contributed by atoms with Gasteiger partial charge < -0.3 is 19.9 Å². The summed E-state index contributed by atoms with van der Waals surface area (Å²) in [6.45, 7) is -1.26.